The molecule has 0 saturated heterocycles. The Bertz CT molecular complexity index is 744. The molecule has 1 atom stereocenters. The molecule has 138 valence electrons. The lowest BCUT2D eigenvalue weighted by atomic mass is 10.1. The van der Waals surface area contributed by atoms with Gasteiger partial charge in [0.1, 0.15) is 11.8 Å². The summed E-state index contributed by atoms with van der Waals surface area (Å²) in [5.41, 5.74) is 8.35. The molecule has 5 heteroatoms. The Morgan fingerprint density at radius 1 is 1.08 bits per heavy atom. The lowest BCUT2D eigenvalue weighted by molar-refractivity contribution is -0.127. The van der Waals surface area contributed by atoms with Crippen LogP contribution in [-0.2, 0) is 9.59 Å². The van der Waals surface area contributed by atoms with E-state index in [1.807, 2.05) is 44.2 Å². The fourth-order valence-electron chi connectivity index (χ4n) is 2.63. The molecule has 5 nitrogen and oxygen atoms in total. The van der Waals surface area contributed by atoms with E-state index in [9.17, 15) is 9.59 Å². The number of amides is 2. The summed E-state index contributed by atoms with van der Waals surface area (Å²) in [7, 11) is 0. The molecule has 2 aromatic rings. The fourth-order valence-corrected chi connectivity index (χ4v) is 2.63. The van der Waals surface area contributed by atoms with Gasteiger partial charge in [0.25, 0.3) is 0 Å². The quantitative estimate of drug-likeness (QED) is 0.679. The van der Waals surface area contributed by atoms with Crippen molar-refractivity contribution in [3.05, 3.63) is 65.2 Å². The molecule has 2 aromatic carbocycles. The Labute approximate surface area is 154 Å². The van der Waals surface area contributed by atoms with E-state index in [1.165, 1.54) is 0 Å². The molecule has 0 aliphatic rings. The molecule has 0 bridgehead atoms. The van der Waals surface area contributed by atoms with Gasteiger partial charge in [-0.1, -0.05) is 42.5 Å². The highest BCUT2D eigenvalue weighted by Gasteiger charge is 2.19. The van der Waals surface area contributed by atoms with Gasteiger partial charge in [-0.3, -0.25) is 9.59 Å². The number of rotatable bonds is 9. The molecule has 0 radical (unpaired) electrons. The van der Waals surface area contributed by atoms with Gasteiger partial charge < -0.3 is 15.8 Å². The summed E-state index contributed by atoms with van der Waals surface area (Å²) in [5.74, 6) is 0.125. The molecular weight excluding hydrogens is 328 g/mol. The Balaban J connectivity index is 1.74. The maximum atomic E-state index is 12.1. The molecule has 2 amide bonds. The summed E-state index contributed by atoms with van der Waals surface area (Å²) in [5, 5.41) is 2.70. The predicted octanol–water partition coefficient (Wildman–Crippen LogP) is 3.20. The summed E-state index contributed by atoms with van der Waals surface area (Å²) in [6.45, 7) is 4.59. The first-order valence-electron chi connectivity index (χ1n) is 8.81. The first kappa shape index (κ1) is 19.5. The molecule has 0 fully saturated rings. The summed E-state index contributed by atoms with van der Waals surface area (Å²) in [4.78, 5) is 23.7. The Morgan fingerprint density at radius 2 is 1.81 bits per heavy atom. The van der Waals surface area contributed by atoms with Crippen LogP contribution in [0.4, 0.5) is 0 Å². The Hall–Kier alpha value is -2.82. The standard InChI is InChI=1S/C21H26N2O3/c1-15-11-12-16(2)18(14-15)26-13-7-6-10-19(24)23-20(21(22)25)17-8-4-3-5-9-17/h3-5,8-9,11-12,14,20H,6-7,10,13H2,1-2H3,(H2,22,25)(H,23,24). The van der Waals surface area contributed by atoms with Gasteiger partial charge in [0.2, 0.25) is 11.8 Å². The number of nitrogens with one attached hydrogen (secondary N) is 1. The first-order chi connectivity index (χ1) is 12.5. The normalized spacial score (nSPS) is 11.6. The van der Waals surface area contributed by atoms with E-state index >= 15 is 0 Å². The number of hydrogen-bond acceptors (Lipinski definition) is 3. The third-order valence-electron chi connectivity index (χ3n) is 4.12. The molecule has 1 unspecified atom stereocenters. The van der Waals surface area contributed by atoms with Crippen molar-refractivity contribution in [1.29, 1.82) is 0 Å². The zero-order chi connectivity index (χ0) is 18.9. The van der Waals surface area contributed by atoms with E-state index in [0.29, 0.717) is 25.0 Å². The van der Waals surface area contributed by atoms with Crippen LogP contribution >= 0.6 is 0 Å². The largest absolute Gasteiger partial charge is 0.493 e. The van der Waals surface area contributed by atoms with Crippen molar-refractivity contribution < 1.29 is 14.3 Å². The van der Waals surface area contributed by atoms with Crippen molar-refractivity contribution in [1.82, 2.24) is 5.32 Å². The van der Waals surface area contributed by atoms with E-state index in [2.05, 4.69) is 11.4 Å². The van der Waals surface area contributed by atoms with Gasteiger partial charge in [-0.15, -0.1) is 0 Å². The molecule has 26 heavy (non-hydrogen) atoms. The van der Waals surface area contributed by atoms with E-state index in [4.69, 9.17) is 10.5 Å². The van der Waals surface area contributed by atoms with E-state index < -0.39 is 11.9 Å². The third-order valence-corrected chi connectivity index (χ3v) is 4.12. The number of nitrogens with two attached hydrogens (primary N) is 1. The molecule has 0 heterocycles. The number of carbonyl (C=O) groups excluding carboxylic acids is 2. The molecule has 0 spiro atoms. The second-order valence-corrected chi connectivity index (χ2v) is 6.39. The lowest BCUT2D eigenvalue weighted by Gasteiger charge is -2.16. The monoisotopic (exact) mass is 354 g/mol. The van der Waals surface area contributed by atoms with Crippen LogP contribution in [0.3, 0.4) is 0 Å². The number of benzene rings is 2. The van der Waals surface area contributed by atoms with Gasteiger partial charge in [0, 0.05) is 6.42 Å². The third kappa shape index (κ3) is 5.92. The van der Waals surface area contributed by atoms with Gasteiger partial charge >= 0.3 is 0 Å². The number of aryl methyl sites for hydroxylation is 2. The van der Waals surface area contributed by atoms with Crippen LogP contribution in [0.2, 0.25) is 0 Å². The van der Waals surface area contributed by atoms with Gasteiger partial charge in [0.05, 0.1) is 6.61 Å². The number of ether oxygens (including phenoxy) is 1. The van der Waals surface area contributed by atoms with Crippen LogP contribution < -0.4 is 15.8 Å². The zero-order valence-corrected chi connectivity index (χ0v) is 15.3. The van der Waals surface area contributed by atoms with Crippen LogP contribution in [-0.4, -0.2) is 18.4 Å². The van der Waals surface area contributed by atoms with Gasteiger partial charge in [0.15, 0.2) is 0 Å². The first-order valence-corrected chi connectivity index (χ1v) is 8.81. The lowest BCUT2D eigenvalue weighted by Crippen LogP contribution is -2.37. The van der Waals surface area contributed by atoms with Crippen LogP contribution in [0.25, 0.3) is 0 Å². The Morgan fingerprint density at radius 3 is 2.50 bits per heavy atom. The SMILES string of the molecule is Cc1ccc(C)c(OCCCCC(=O)NC(C(N)=O)c2ccccc2)c1. The number of carbonyl (C=O) groups is 2. The molecular formula is C21H26N2O3. The van der Waals surface area contributed by atoms with Crippen molar-refractivity contribution in [2.75, 3.05) is 6.61 Å². The van der Waals surface area contributed by atoms with Crippen LogP contribution in [0.1, 0.15) is 42.0 Å². The van der Waals surface area contributed by atoms with Crippen molar-refractivity contribution in [3.63, 3.8) is 0 Å². The second kappa shape index (κ2) is 9.61. The van der Waals surface area contributed by atoms with E-state index in [0.717, 1.165) is 23.3 Å². The molecule has 0 saturated carbocycles. The van der Waals surface area contributed by atoms with Crippen molar-refractivity contribution in [2.45, 2.75) is 39.2 Å². The minimum atomic E-state index is -0.796. The summed E-state index contributed by atoms with van der Waals surface area (Å²) in [6, 6.07) is 14.3. The van der Waals surface area contributed by atoms with Gasteiger partial charge in [-0.2, -0.15) is 0 Å². The number of unbranched alkanes of at least 4 members (excludes halogenated alkanes) is 1. The maximum Gasteiger partial charge on any atom is 0.244 e. The van der Waals surface area contributed by atoms with E-state index in [1.54, 1.807) is 12.1 Å². The highest BCUT2D eigenvalue weighted by atomic mass is 16.5. The maximum absolute atomic E-state index is 12.1. The minimum absolute atomic E-state index is 0.190. The minimum Gasteiger partial charge on any atom is -0.493 e. The molecule has 0 aromatic heterocycles. The van der Waals surface area contributed by atoms with Crippen molar-refractivity contribution in [3.8, 4) is 5.75 Å². The zero-order valence-electron chi connectivity index (χ0n) is 15.3. The smallest absolute Gasteiger partial charge is 0.244 e. The average Bonchev–Trinajstić information content (AvgIpc) is 2.62. The van der Waals surface area contributed by atoms with Gasteiger partial charge in [-0.05, 0) is 49.4 Å². The summed E-state index contributed by atoms with van der Waals surface area (Å²) < 4.78 is 5.78. The number of hydrogen-bond donors (Lipinski definition) is 2. The predicted molar refractivity (Wildman–Crippen MR) is 102 cm³/mol. The summed E-state index contributed by atoms with van der Waals surface area (Å²) >= 11 is 0. The van der Waals surface area contributed by atoms with E-state index in [-0.39, 0.29) is 5.91 Å². The highest BCUT2D eigenvalue weighted by Crippen LogP contribution is 2.19. The summed E-state index contributed by atoms with van der Waals surface area (Å²) in [6.07, 6.45) is 1.76. The highest BCUT2D eigenvalue weighted by molar-refractivity contribution is 5.87. The molecule has 2 rings (SSSR count). The van der Waals surface area contributed by atoms with Crippen molar-refractivity contribution >= 4 is 11.8 Å². The molecule has 3 N–H and O–H groups in total. The fraction of sp³-hybridized carbons (Fsp3) is 0.333. The van der Waals surface area contributed by atoms with Crippen molar-refractivity contribution in [2.24, 2.45) is 5.73 Å². The molecule has 0 aliphatic carbocycles. The Kier molecular flexibility index (Phi) is 7.21. The topological polar surface area (TPSA) is 81.4 Å². The molecule has 0 aliphatic heterocycles. The van der Waals surface area contributed by atoms with Crippen LogP contribution in [0.5, 0.6) is 5.75 Å². The second-order valence-electron chi connectivity index (χ2n) is 6.39. The van der Waals surface area contributed by atoms with Crippen LogP contribution in [0, 0.1) is 13.8 Å². The number of primary amides is 1. The van der Waals surface area contributed by atoms with Crippen LogP contribution in [0.15, 0.2) is 48.5 Å². The average molecular weight is 354 g/mol. The van der Waals surface area contributed by atoms with Gasteiger partial charge in [-0.25, -0.2) is 0 Å².